The number of carbonyl (C=O) groups excluding carboxylic acids is 1. The van der Waals surface area contributed by atoms with E-state index in [9.17, 15) is 14.7 Å². The SMILES string of the molecule is CC1(CC(=O)N2C[C@@H]3CCC[C@@]3(C(=O)O)C2)CCCCC1. The average molecular weight is 293 g/mol. The lowest BCUT2D eigenvalue weighted by molar-refractivity contribution is -0.149. The third kappa shape index (κ3) is 2.58. The number of fused-ring (bicyclic) bond motifs is 1. The van der Waals surface area contributed by atoms with Crippen LogP contribution < -0.4 is 0 Å². The third-order valence-corrected chi connectivity index (χ3v) is 6.29. The van der Waals surface area contributed by atoms with E-state index in [-0.39, 0.29) is 17.2 Å². The fraction of sp³-hybridized carbons (Fsp3) is 0.882. The maximum Gasteiger partial charge on any atom is 0.311 e. The lowest BCUT2D eigenvalue weighted by Crippen LogP contribution is -2.38. The summed E-state index contributed by atoms with van der Waals surface area (Å²) in [4.78, 5) is 26.2. The van der Waals surface area contributed by atoms with Gasteiger partial charge in [0.15, 0.2) is 0 Å². The van der Waals surface area contributed by atoms with Gasteiger partial charge < -0.3 is 10.0 Å². The van der Waals surface area contributed by atoms with Crippen molar-refractivity contribution in [1.29, 1.82) is 0 Å². The number of aliphatic carboxylic acids is 1. The van der Waals surface area contributed by atoms with Crippen LogP contribution in [0.2, 0.25) is 0 Å². The molecule has 4 nitrogen and oxygen atoms in total. The second-order valence-electron chi connectivity index (χ2n) is 7.87. The Hall–Kier alpha value is -1.06. The second kappa shape index (κ2) is 5.29. The van der Waals surface area contributed by atoms with E-state index in [0.717, 1.165) is 32.1 Å². The molecule has 4 heteroatoms. The Morgan fingerprint density at radius 1 is 1.14 bits per heavy atom. The molecular formula is C17H27NO3. The van der Waals surface area contributed by atoms with E-state index in [1.165, 1.54) is 19.3 Å². The van der Waals surface area contributed by atoms with E-state index in [0.29, 0.717) is 19.5 Å². The summed E-state index contributed by atoms with van der Waals surface area (Å²) in [6, 6.07) is 0. The Kier molecular flexibility index (Phi) is 3.74. The van der Waals surface area contributed by atoms with Crippen LogP contribution in [0.3, 0.4) is 0 Å². The molecule has 0 aromatic carbocycles. The van der Waals surface area contributed by atoms with Crippen LogP contribution in [0.5, 0.6) is 0 Å². The first kappa shape index (κ1) is 14.9. The van der Waals surface area contributed by atoms with Crippen molar-refractivity contribution in [2.24, 2.45) is 16.7 Å². The molecule has 0 unspecified atom stereocenters. The minimum absolute atomic E-state index is 0.142. The van der Waals surface area contributed by atoms with Crippen LogP contribution in [0.1, 0.15) is 64.7 Å². The summed E-state index contributed by atoms with van der Waals surface area (Å²) in [5.41, 5.74) is -0.494. The Morgan fingerprint density at radius 3 is 2.48 bits per heavy atom. The first-order valence-corrected chi connectivity index (χ1v) is 8.46. The molecule has 1 saturated heterocycles. The standard InChI is InChI=1S/C17H27NO3/c1-16(7-3-2-4-8-16)10-14(19)18-11-13-6-5-9-17(13,12-18)15(20)21/h13H,2-12H2,1H3,(H,20,21)/t13-,17+/m0/s1. The lowest BCUT2D eigenvalue weighted by atomic mass is 9.73. The highest BCUT2D eigenvalue weighted by Gasteiger charge is 2.55. The molecule has 2 saturated carbocycles. The van der Waals surface area contributed by atoms with Crippen molar-refractivity contribution in [3.05, 3.63) is 0 Å². The van der Waals surface area contributed by atoms with Gasteiger partial charge in [0.25, 0.3) is 0 Å². The summed E-state index contributed by atoms with van der Waals surface area (Å²) in [6.07, 6.45) is 9.34. The molecule has 0 radical (unpaired) electrons. The monoisotopic (exact) mass is 293 g/mol. The van der Waals surface area contributed by atoms with E-state index in [4.69, 9.17) is 0 Å². The van der Waals surface area contributed by atoms with E-state index in [1.54, 1.807) is 0 Å². The van der Waals surface area contributed by atoms with Crippen LogP contribution in [-0.2, 0) is 9.59 Å². The van der Waals surface area contributed by atoms with Crippen molar-refractivity contribution in [3.63, 3.8) is 0 Å². The molecule has 1 N–H and O–H groups in total. The van der Waals surface area contributed by atoms with E-state index < -0.39 is 11.4 Å². The van der Waals surface area contributed by atoms with Crippen LogP contribution in [-0.4, -0.2) is 35.0 Å². The Balaban J connectivity index is 1.66. The molecule has 1 amide bonds. The van der Waals surface area contributed by atoms with Gasteiger partial charge in [-0.05, 0) is 37.0 Å². The van der Waals surface area contributed by atoms with Gasteiger partial charge in [0.1, 0.15) is 0 Å². The summed E-state index contributed by atoms with van der Waals surface area (Å²) in [7, 11) is 0. The van der Waals surface area contributed by atoms with Gasteiger partial charge in [-0.15, -0.1) is 0 Å². The van der Waals surface area contributed by atoms with Crippen molar-refractivity contribution in [2.75, 3.05) is 13.1 Å². The highest BCUT2D eigenvalue weighted by Crippen LogP contribution is 2.49. The number of carboxylic acids is 1. The zero-order valence-electron chi connectivity index (χ0n) is 13.1. The molecule has 3 fully saturated rings. The normalized spacial score (nSPS) is 34.7. The first-order valence-electron chi connectivity index (χ1n) is 8.46. The fourth-order valence-corrected chi connectivity index (χ4v) is 4.89. The molecule has 0 aromatic heterocycles. The molecule has 0 bridgehead atoms. The predicted octanol–water partition coefficient (Wildman–Crippen LogP) is 3.06. The molecular weight excluding hydrogens is 266 g/mol. The molecule has 0 spiro atoms. The zero-order chi connectivity index (χ0) is 15.1. The number of carbonyl (C=O) groups is 2. The van der Waals surface area contributed by atoms with Gasteiger partial charge in [0.05, 0.1) is 5.41 Å². The van der Waals surface area contributed by atoms with E-state index >= 15 is 0 Å². The van der Waals surface area contributed by atoms with E-state index in [2.05, 4.69) is 6.92 Å². The zero-order valence-corrected chi connectivity index (χ0v) is 13.1. The number of likely N-dealkylation sites (tertiary alicyclic amines) is 1. The Labute approximate surface area is 126 Å². The Morgan fingerprint density at radius 2 is 1.86 bits per heavy atom. The highest BCUT2D eigenvalue weighted by molar-refractivity contribution is 5.81. The van der Waals surface area contributed by atoms with Gasteiger partial charge >= 0.3 is 5.97 Å². The lowest BCUT2D eigenvalue weighted by Gasteiger charge is -2.34. The molecule has 1 aliphatic heterocycles. The van der Waals surface area contributed by atoms with Crippen LogP contribution >= 0.6 is 0 Å². The highest BCUT2D eigenvalue weighted by atomic mass is 16.4. The third-order valence-electron chi connectivity index (χ3n) is 6.29. The Bertz CT molecular complexity index is 441. The van der Waals surface area contributed by atoms with Crippen molar-refractivity contribution in [1.82, 2.24) is 4.90 Å². The molecule has 2 aliphatic carbocycles. The molecule has 2 atom stereocenters. The number of rotatable bonds is 3. The molecule has 21 heavy (non-hydrogen) atoms. The topological polar surface area (TPSA) is 57.6 Å². The number of hydrogen-bond donors (Lipinski definition) is 1. The molecule has 1 heterocycles. The van der Waals surface area contributed by atoms with Gasteiger partial charge in [-0.25, -0.2) is 0 Å². The summed E-state index contributed by atoms with van der Waals surface area (Å²) >= 11 is 0. The number of amides is 1. The second-order valence-corrected chi connectivity index (χ2v) is 7.87. The van der Waals surface area contributed by atoms with Gasteiger partial charge in [0, 0.05) is 19.5 Å². The molecule has 3 aliphatic rings. The largest absolute Gasteiger partial charge is 0.481 e. The van der Waals surface area contributed by atoms with Crippen molar-refractivity contribution >= 4 is 11.9 Å². The van der Waals surface area contributed by atoms with Crippen LogP contribution in [0.25, 0.3) is 0 Å². The van der Waals surface area contributed by atoms with Gasteiger partial charge in [-0.2, -0.15) is 0 Å². The molecule has 3 rings (SSSR count). The number of nitrogens with zero attached hydrogens (tertiary/aromatic N) is 1. The smallest absolute Gasteiger partial charge is 0.311 e. The quantitative estimate of drug-likeness (QED) is 0.870. The summed E-state index contributed by atoms with van der Waals surface area (Å²) in [6.45, 7) is 3.34. The van der Waals surface area contributed by atoms with Crippen LogP contribution in [0, 0.1) is 16.7 Å². The summed E-state index contributed by atoms with van der Waals surface area (Å²) < 4.78 is 0. The maximum absolute atomic E-state index is 12.6. The van der Waals surface area contributed by atoms with Crippen LogP contribution in [0.15, 0.2) is 0 Å². The van der Waals surface area contributed by atoms with Crippen LogP contribution in [0.4, 0.5) is 0 Å². The van der Waals surface area contributed by atoms with Gasteiger partial charge in [0.2, 0.25) is 5.91 Å². The van der Waals surface area contributed by atoms with Crippen molar-refractivity contribution in [2.45, 2.75) is 64.7 Å². The number of carboxylic acid groups (broad SMARTS) is 1. The minimum atomic E-state index is -0.691. The van der Waals surface area contributed by atoms with Crippen molar-refractivity contribution < 1.29 is 14.7 Å². The van der Waals surface area contributed by atoms with E-state index in [1.807, 2.05) is 4.90 Å². The number of hydrogen-bond acceptors (Lipinski definition) is 2. The summed E-state index contributed by atoms with van der Waals surface area (Å²) in [5, 5.41) is 9.61. The summed E-state index contributed by atoms with van der Waals surface area (Å²) in [5.74, 6) is -0.322. The van der Waals surface area contributed by atoms with Gasteiger partial charge in [-0.3, -0.25) is 9.59 Å². The van der Waals surface area contributed by atoms with Crippen molar-refractivity contribution in [3.8, 4) is 0 Å². The fourth-order valence-electron chi connectivity index (χ4n) is 4.89. The first-order chi connectivity index (χ1) is 9.95. The van der Waals surface area contributed by atoms with Gasteiger partial charge in [-0.1, -0.05) is 32.6 Å². The molecule has 0 aromatic rings. The molecule has 118 valence electrons. The average Bonchev–Trinajstić information content (AvgIpc) is 2.96. The minimum Gasteiger partial charge on any atom is -0.481 e. The maximum atomic E-state index is 12.6. The predicted molar refractivity (Wildman–Crippen MR) is 79.8 cm³/mol.